The number of carbonyl (C=O) groups excluding carboxylic acids is 4. The van der Waals surface area contributed by atoms with E-state index in [0.717, 1.165) is 20.8 Å². The molecule has 2 rings (SSSR count). The molecule has 0 unspecified atom stereocenters. The highest BCUT2D eigenvalue weighted by molar-refractivity contribution is 5.68. The van der Waals surface area contributed by atoms with Gasteiger partial charge < -0.3 is 28.4 Å². The molecule has 12 heteroatoms. The fourth-order valence-electron chi connectivity index (χ4n) is 3.17. The van der Waals surface area contributed by atoms with Crippen molar-refractivity contribution in [3.8, 4) is 5.75 Å². The molecule has 0 aromatic heterocycles. The molecule has 180 valence electrons. The third-order valence-corrected chi connectivity index (χ3v) is 4.37. The van der Waals surface area contributed by atoms with Gasteiger partial charge in [0, 0.05) is 27.7 Å². The van der Waals surface area contributed by atoms with Gasteiger partial charge in [0.1, 0.15) is 25.0 Å². The van der Waals surface area contributed by atoms with E-state index in [9.17, 15) is 24.1 Å². The molecule has 0 spiro atoms. The number of hydrogen-bond acceptors (Lipinski definition) is 12. The smallest absolute Gasteiger partial charge is 0.303 e. The number of nitroso groups, excluding NO2 is 1. The summed E-state index contributed by atoms with van der Waals surface area (Å²) in [6, 6.07) is 6.27. The first kappa shape index (κ1) is 25.7. The van der Waals surface area contributed by atoms with Crippen molar-refractivity contribution in [1.29, 1.82) is 0 Å². The zero-order chi connectivity index (χ0) is 24.5. The molecular formula is C21H25NO11. The minimum atomic E-state index is -1.33. The zero-order valence-corrected chi connectivity index (χ0v) is 18.5. The van der Waals surface area contributed by atoms with Gasteiger partial charge in [0.05, 0.1) is 0 Å². The van der Waals surface area contributed by atoms with Crippen LogP contribution in [0, 0.1) is 4.91 Å². The normalized spacial score (nSPS) is 24.2. The Kier molecular flexibility index (Phi) is 9.28. The van der Waals surface area contributed by atoms with E-state index in [2.05, 4.69) is 5.18 Å². The third kappa shape index (κ3) is 7.83. The first-order chi connectivity index (χ1) is 15.6. The van der Waals surface area contributed by atoms with Gasteiger partial charge in [-0.2, -0.15) is 4.91 Å². The number of esters is 4. The highest BCUT2D eigenvalue weighted by Crippen LogP contribution is 2.31. The van der Waals surface area contributed by atoms with Crippen LogP contribution >= 0.6 is 0 Å². The first-order valence-electron chi connectivity index (χ1n) is 9.96. The van der Waals surface area contributed by atoms with Crippen LogP contribution in [0.5, 0.6) is 5.75 Å². The summed E-state index contributed by atoms with van der Waals surface area (Å²) in [5, 5.41) is 2.81. The van der Waals surface area contributed by atoms with Gasteiger partial charge in [0.25, 0.3) is 0 Å². The Morgan fingerprint density at radius 1 is 0.818 bits per heavy atom. The molecule has 0 aliphatic carbocycles. The number of benzene rings is 1. The van der Waals surface area contributed by atoms with E-state index in [1.807, 2.05) is 0 Å². The quantitative estimate of drug-likeness (QED) is 0.294. The third-order valence-electron chi connectivity index (χ3n) is 4.37. The summed E-state index contributed by atoms with van der Waals surface area (Å²) < 4.78 is 32.6. The standard InChI is InChI=1S/C21H25NO11/c1-11(23)28-10-17-18(29-12(2)24)19(30-13(3)25)20(31-14(4)26)21(33-17)32-16-7-5-15(6-8-16)9-22-27/h5-8,17-21H,9-10H2,1-4H3/t17-,18+,19+,20-,21-/m1/s1. The van der Waals surface area contributed by atoms with Crippen LogP contribution in [0.1, 0.15) is 33.3 Å². The fourth-order valence-corrected chi connectivity index (χ4v) is 3.17. The molecule has 1 saturated heterocycles. The maximum Gasteiger partial charge on any atom is 0.303 e. The van der Waals surface area contributed by atoms with Crippen molar-refractivity contribution in [1.82, 2.24) is 0 Å². The molecule has 1 aromatic rings. The molecular weight excluding hydrogens is 442 g/mol. The summed E-state index contributed by atoms with van der Waals surface area (Å²) >= 11 is 0. The van der Waals surface area contributed by atoms with E-state index in [1.165, 1.54) is 19.1 Å². The van der Waals surface area contributed by atoms with Gasteiger partial charge in [-0.3, -0.25) is 19.2 Å². The van der Waals surface area contributed by atoms with Crippen LogP contribution in [0.3, 0.4) is 0 Å². The molecule has 0 amide bonds. The highest BCUT2D eigenvalue weighted by Gasteiger charge is 2.53. The summed E-state index contributed by atoms with van der Waals surface area (Å²) in [6.07, 6.45) is -6.37. The molecule has 12 nitrogen and oxygen atoms in total. The predicted molar refractivity (Wildman–Crippen MR) is 109 cm³/mol. The molecule has 1 aliphatic rings. The summed E-state index contributed by atoms with van der Waals surface area (Å²) in [6.45, 7) is 4.18. The average molecular weight is 467 g/mol. The van der Waals surface area contributed by atoms with Crippen LogP contribution in [0.25, 0.3) is 0 Å². The Labute approximate surface area is 189 Å². The van der Waals surface area contributed by atoms with Crippen LogP contribution in [-0.2, 0) is 49.4 Å². The van der Waals surface area contributed by atoms with Crippen LogP contribution < -0.4 is 4.74 Å². The van der Waals surface area contributed by atoms with E-state index in [0.29, 0.717) is 5.56 Å². The Morgan fingerprint density at radius 3 is 1.88 bits per heavy atom. The van der Waals surface area contributed by atoms with E-state index >= 15 is 0 Å². The van der Waals surface area contributed by atoms with E-state index in [-0.39, 0.29) is 18.9 Å². The van der Waals surface area contributed by atoms with Gasteiger partial charge in [-0.05, 0) is 17.7 Å². The van der Waals surface area contributed by atoms with E-state index in [4.69, 9.17) is 28.4 Å². The Hall–Kier alpha value is -3.54. The molecule has 0 bridgehead atoms. The van der Waals surface area contributed by atoms with E-state index in [1.54, 1.807) is 12.1 Å². The number of nitrogens with zero attached hydrogens (tertiary/aromatic N) is 1. The van der Waals surface area contributed by atoms with Gasteiger partial charge in [-0.15, -0.1) is 0 Å². The summed E-state index contributed by atoms with van der Waals surface area (Å²) in [4.78, 5) is 57.1. The van der Waals surface area contributed by atoms with Crippen molar-refractivity contribution in [2.75, 3.05) is 6.61 Å². The Bertz CT molecular complexity index is 869. The molecule has 0 N–H and O–H groups in total. The van der Waals surface area contributed by atoms with Crippen molar-refractivity contribution in [2.45, 2.75) is 64.9 Å². The Morgan fingerprint density at radius 2 is 1.36 bits per heavy atom. The van der Waals surface area contributed by atoms with Gasteiger partial charge in [0.2, 0.25) is 12.4 Å². The monoisotopic (exact) mass is 467 g/mol. The second kappa shape index (κ2) is 11.9. The first-order valence-corrected chi connectivity index (χ1v) is 9.96. The lowest BCUT2D eigenvalue weighted by Gasteiger charge is -2.43. The molecule has 1 aliphatic heterocycles. The summed E-state index contributed by atoms with van der Waals surface area (Å²) in [5.41, 5.74) is 0.638. The van der Waals surface area contributed by atoms with Gasteiger partial charge in [0.15, 0.2) is 12.2 Å². The number of rotatable bonds is 9. The van der Waals surface area contributed by atoms with Crippen molar-refractivity contribution in [3.63, 3.8) is 0 Å². The lowest BCUT2D eigenvalue weighted by molar-refractivity contribution is -0.288. The molecule has 1 fully saturated rings. The number of ether oxygens (including phenoxy) is 6. The topological polar surface area (TPSA) is 153 Å². The van der Waals surface area contributed by atoms with Crippen LogP contribution in [0.4, 0.5) is 0 Å². The molecule has 1 heterocycles. The van der Waals surface area contributed by atoms with Crippen molar-refractivity contribution in [3.05, 3.63) is 34.7 Å². The minimum absolute atomic E-state index is 0.0284. The molecule has 1 aromatic carbocycles. The highest BCUT2D eigenvalue weighted by atomic mass is 16.7. The second-order valence-corrected chi connectivity index (χ2v) is 7.12. The largest absolute Gasteiger partial charge is 0.463 e. The fraction of sp³-hybridized carbons (Fsp3) is 0.524. The average Bonchev–Trinajstić information content (AvgIpc) is 2.71. The van der Waals surface area contributed by atoms with Crippen molar-refractivity contribution >= 4 is 23.9 Å². The number of carbonyl (C=O) groups is 4. The maximum atomic E-state index is 11.8. The second-order valence-electron chi connectivity index (χ2n) is 7.12. The van der Waals surface area contributed by atoms with Crippen molar-refractivity contribution in [2.24, 2.45) is 5.18 Å². The SMILES string of the molecule is CC(=O)OC[C@H]1O[C@@H](Oc2ccc(CN=O)cc2)[C@H](OC(C)=O)[C@@H](OC(C)=O)[C@H]1OC(C)=O. The summed E-state index contributed by atoms with van der Waals surface area (Å²) in [7, 11) is 0. The predicted octanol–water partition coefficient (Wildman–Crippen LogP) is 1.41. The molecule has 0 radical (unpaired) electrons. The van der Waals surface area contributed by atoms with Gasteiger partial charge in [-0.1, -0.05) is 17.3 Å². The minimum Gasteiger partial charge on any atom is -0.463 e. The van der Waals surface area contributed by atoms with Crippen LogP contribution in [0.2, 0.25) is 0 Å². The lowest BCUT2D eigenvalue weighted by Crippen LogP contribution is -2.63. The number of hydrogen-bond donors (Lipinski definition) is 0. The van der Waals surface area contributed by atoms with Gasteiger partial charge in [-0.25, -0.2) is 0 Å². The van der Waals surface area contributed by atoms with Crippen LogP contribution in [-0.4, -0.2) is 61.2 Å². The Balaban J connectivity index is 2.41. The van der Waals surface area contributed by atoms with Crippen LogP contribution in [0.15, 0.2) is 29.4 Å². The van der Waals surface area contributed by atoms with E-state index < -0.39 is 54.6 Å². The van der Waals surface area contributed by atoms with Crippen molar-refractivity contribution < 1.29 is 47.6 Å². The summed E-state index contributed by atoms with van der Waals surface area (Å²) in [5.74, 6) is -2.56. The molecule has 33 heavy (non-hydrogen) atoms. The molecule has 5 atom stereocenters. The lowest BCUT2D eigenvalue weighted by atomic mass is 9.98. The maximum absolute atomic E-state index is 11.8. The van der Waals surface area contributed by atoms with Gasteiger partial charge >= 0.3 is 23.9 Å². The molecule has 0 saturated carbocycles. The zero-order valence-electron chi connectivity index (χ0n) is 18.5.